The number of rotatable bonds is 4. The molecule has 0 spiro atoms. The van der Waals surface area contributed by atoms with E-state index in [4.69, 9.17) is 0 Å². The lowest BCUT2D eigenvalue weighted by Gasteiger charge is -2.31. The van der Waals surface area contributed by atoms with Crippen LogP contribution in [-0.2, 0) is 6.42 Å². The lowest BCUT2D eigenvalue weighted by Crippen LogP contribution is -2.45. The first-order valence-electron chi connectivity index (χ1n) is 8.18. The van der Waals surface area contributed by atoms with Gasteiger partial charge in [0.25, 0.3) is 5.91 Å². The minimum Gasteiger partial charge on any atom is -0.334 e. The number of hydrogen-bond acceptors (Lipinski definition) is 3. The van der Waals surface area contributed by atoms with Gasteiger partial charge < -0.3 is 9.80 Å². The quantitative estimate of drug-likeness (QED) is 0.866. The summed E-state index contributed by atoms with van der Waals surface area (Å²) in [5.41, 5.74) is 1.70. The third-order valence-corrected chi connectivity index (χ3v) is 4.72. The Bertz CT molecular complexity index is 688. The van der Waals surface area contributed by atoms with Gasteiger partial charge >= 0.3 is 0 Å². The van der Waals surface area contributed by atoms with Gasteiger partial charge in [0.05, 0.1) is 6.04 Å². The minimum absolute atomic E-state index is 0.0293. The first kappa shape index (κ1) is 16.6. The smallest absolute Gasteiger partial charge is 0.254 e. The van der Waals surface area contributed by atoms with Gasteiger partial charge in [-0.1, -0.05) is 0 Å². The van der Waals surface area contributed by atoms with Gasteiger partial charge in [0, 0.05) is 30.5 Å². The van der Waals surface area contributed by atoms with Crippen LogP contribution in [0.5, 0.6) is 0 Å². The zero-order valence-electron chi connectivity index (χ0n) is 14.0. The molecule has 2 heterocycles. The number of nitrogens with zero attached hydrogens (tertiary/aromatic N) is 3. The highest BCUT2D eigenvalue weighted by molar-refractivity contribution is 5.94. The van der Waals surface area contributed by atoms with Gasteiger partial charge in [-0.25, -0.2) is 4.39 Å². The molecule has 3 rings (SSSR count). The number of benzene rings is 1. The van der Waals surface area contributed by atoms with Crippen LogP contribution in [0, 0.1) is 5.82 Å². The van der Waals surface area contributed by atoms with E-state index in [-0.39, 0.29) is 17.8 Å². The lowest BCUT2D eigenvalue weighted by atomic mass is 9.99. The summed E-state index contributed by atoms with van der Waals surface area (Å²) in [6.45, 7) is 0.717. The fourth-order valence-corrected chi connectivity index (χ4v) is 3.46. The summed E-state index contributed by atoms with van der Waals surface area (Å²) in [5, 5.41) is 0. The number of likely N-dealkylation sites (tertiary alicyclic amines) is 1. The van der Waals surface area contributed by atoms with Crippen LogP contribution in [0.2, 0.25) is 0 Å². The Kier molecular flexibility index (Phi) is 4.90. The van der Waals surface area contributed by atoms with Gasteiger partial charge in [0.1, 0.15) is 5.82 Å². The number of aromatic nitrogens is 1. The Morgan fingerprint density at radius 1 is 1.21 bits per heavy atom. The van der Waals surface area contributed by atoms with E-state index in [1.807, 2.05) is 17.0 Å². The van der Waals surface area contributed by atoms with Crippen LogP contribution < -0.4 is 0 Å². The average Bonchev–Trinajstić information content (AvgIpc) is 2.99. The van der Waals surface area contributed by atoms with Gasteiger partial charge in [0.15, 0.2) is 0 Å². The van der Waals surface area contributed by atoms with Crippen LogP contribution in [0.15, 0.2) is 48.8 Å². The van der Waals surface area contributed by atoms with Gasteiger partial charge in [-0.2, -0.15) is 0 Å². The number of hydrogen-bond donors (Lipinski definition) is 0. The third-order valence-electron chi connectivity index (χ3n) is 4.72. The van der Waals surface area contributed by atoms with Crippen molar-refractivity contribution in [3.05, 3.63) is 65.7 Å². The second-order valence-corrected chi connectivity index (χ2v) is 6.45. The lowest BCUT2D eigenvalue weighted by molar-refractivity contribution is 0.0704. The molecular formula is C19H22FN3O. The molecule has 1 amide bonds. The predicted molar refractivity (Wildman–Crippen MR) is 91.3 cm³/mol. The molecule has 0 N–H and O–H groups in total. The molecule has 1 saturated heterocycles. The Balaban J connectivity index is 1.84. The van der Waals surface area contributed by atoms with E-state index in [2.05, 4.69) is 24.0 Å². The molecular weight excluding hydrogens is 305 g/mol. The topological polar surface area (TPSA) is 36.4 Å². The summed E-state index contributed by atoms with van der Waals surface area (Å²) in [6, 6.07) is 10.2. The second-order valence-electron chi connectivity index (χ2n) is 6.45. The van der Waals surface area contributed by atoms with E-state index in [0.29, 0.717) is 11.6 Å². The summed E-state index contributed by atoms with van der Waals surface area (Å²) in [5.74, 6) is -0.356. The Morgan fingerprint density at radius 3 is 2.50 bits per heavy atom. The van der Waals surface area contributed by atoms with Crippen LogP contribution in [0.25, 0.3) is 0 Å². The minimum atomic E-state index is -0.326. The van der Waals surface area contributed by atoms with Crippen molar-refractivity contribution in [2.45, 2.75) is 24.9 Å². The number of halogens is 1. The predicted octanol–water partition coefficient (Wildman–Crippen LogP) is 2.61. The monoisotopic (exact) mass is 327 g/mol. The molecule has 0 saturated carbocycles. The van der Waals surface area contributed by atoms with Gasteiger partial charge in [-0.05, 0) is 68.9 Å². The molecule has 0 bridgehead atoms. The molecule has 4 nitrogen and oxygen atoms in total. The molecule has 0 aliphatic carbocycles. The van der Waals surface area contributed by atoms with Gasteiger partial charge in [0.2, 0.25) is 0 Å². The van der Waals surface area contributed by atoms with Gasteiger partial charge in [-0.3, -0.25) is 9.78 Å². The number of likely N-dealkylation sites (N-methyl/N-ethyl adjacent to an activating group) is 1. The number of amides is 1. The Labute approximate surface area is 141 Å². The zero-order chi connectivity index (χ0) is 17.1. The highest BCUT2D eigenvalue weighted by atomic mass is 19.1. The zero-order valence-corrected chi connectivity index (χ0v) is 14.0. The van der Waals surface area contributed by atoms with Crippen molar-refractivity contribution in [2.24, 2.45) is 0 Å². The molecule has 126 valence electrons. The van der Waals surface area contributed by atoms with Crippen molar-refractivity contribution >= 4 is 5.91 Å². The number of carbonyl (C=O) groups is 1. The van der Waals surface area contributed by atoms with Crippen molar-refractivity contribution in [1.29, 1.82) is 0 Å². The van der Waals surface area contributed by atoms with E-state index in [0.717, 1.165) is 19.4 Å². The van der Waals surface area contributed by atoms with Crippen LogP contribution in [0.1, 0.15) is 22.3 Å². The Hall–Kier alpha value is -2.27. The second kappa shape index (κ2) is 7.09. The maximum Gasteiger partial charge on any atom is 0.254 e. The summed E-state index contributed by atoms with van der Waals surface area (Å²) in [4.78, 5) is 21.1. The maximum absolute atomic E-state index is 13.1. The van der Waals surface area contributed by atoms with Crippen LogP contribution in [0.4, 0.5) is 4.39 Å². The highest BCUT2D eigenvalue weighted by Crippen LogP contribution is 2.26. The summed E-state index contributed by atoms with van der Waals surface area (Å²) in [7, 11) is 4.10. The molecule has 5 heteroatoms. The highest BCUT2D eigenvalue weighted by Gasteiger charge is 2.38. The first-order chi connectivity index (χ1) is 11.6. The fraction of sp³-hybridized carbons (Fsp3) is 0.368. The number of pyridine rings is 1. The molecule has 1 aromatic carbocycles. The average molecular weight is 327 g/mol. The van der Waals surface area contributed by atoms with Crippen molar-refractivity contribution in [1.82, 2.24) is 14.8 Å². The van der Waals surface area contributed by atoms with Crippen molar-refractivity contribution in [3.63, 3.8) is 0 Å². The SMILES string of the molecule is CN(C)[C@@H]1CCN(C(=O)c2ccc(F)cc2)[C@H]1Cc1ccncc1. The van der Waals surface area contributed by atoms with E-state index in [1.165, 1.54) is 17.7 Å². The van der Waals surface area contributed by atoms with E-state index >= 15 is 0 Å². The standard InChI is InChI=1S/C19H22FN3O/c1-22(2)17-9-12-23(18(17)13-14-7-10-21-11-8-14)19(24)15-3-5-16(20)6-4-15/h3-8,10-11,17-18H,9,12-13H2,1-2H3/t17-,18+/m1/s1. The molecule has 24 heavy (non-hydrogen) atoms. The molecule has 0 radical (unpaired) electrons. The largest absolute Gasteiger partial charge is 0.334 e. The van der Waals surface area contributed by atoms with Crippen molar-refractivity contribution < 1.29 is 9.18 Å². The normalized spacial score (nSPS) is 20.6. The van der Waals surface area contributed by atoms with Crippen molar-refractivity contribution in [2.75, 3.05) is 20.6 Å². The summed E-state index contributed by atoms with van der Waals surface area (Å²) < 4.78 is 13.1. The van der Waals surface area contributed by atoms with Gasteiger partial charge in [-0.15, -0.1) is 0 Å². The molecule has 2 aromatic rings. The molecule has 2 atom stereocenters. The van der Waals surface area contributed by atoms with E-state index in [9.17, 15) is 9.18 Å². The summed E-state index contributed by atoms with van der Waals surface area (Å²) in [6.07, 6.45) is 5.29. The number of carbonyl (C=O) groups excluding carboxylic acids is 1. The first-order valence-corrected chi connectivity index (χ1v) is 8.18. The van der Waals surface area contributed by atoms with E-state index in [1.54, 1.807) is 24.5 Å². The molecule has 1 fully saturated rings. The maximum atomic E-state index is 13.1. The summed E-state index contributed by atoms with van der Waals surface area (Å²) >= 11 is 0. The van der Waals surface area contributed by atoms with E-state index < -0.39 is 0 Å². The Morgan fingerprint density at radius 2 is 1.88 bits per heavy atom. The molecule has 1 aliphatic rings. The van der Waals surface area contributed by atoms with Crippen LogP contribution in [0.3, 0.4) is 0 Å². The molecule has 1 aliphatic heterocycles. The fourth-order valence-electron chi connectivity index (χ4n) is 3.46. The van der Waals surface area contributed by atoms with Crippen LogP contribution in [-0.4, -0.2) is 53.4 Å². The molecule has 0 unspecified atom stereocenters. The van der Waals surface area contributed by atoms with Crippen molar-refractivity contribution in [3.8, 4) is 0 Å². The third kappa shape index (κ3) is 3.46. The van der Waals surface area contributed by atoms with Crippen LogP contribution >= 0.6 is 0 Å². The molecule has 1 aromatic heterocycles.